The van der Waals surface area contributed by atoms with E-state index in [1.807, 2.05) is 54.1 Å². The van der Waals surface area contributed by atoms with Gasteiger partial charge in [0.05, 0.1) is 24.9 Å². The third kappa shape index (κ3) is 5.55. The lowest BCUT2D eigenvalue weighted by Gasteiger charge is -2.23. The minimum Gasteiger partial charge on any atom is -0.467 e. The van der Waals surface area contributed by atoms with Crippen molar-refractivity contribution in [2.24, 2.45) is 0 Å². The lowest BCUT2D eigenvalue weighted by molar-refractivity contribution is -0.137. The minimum atomic E-state index is -4.52. The van der Waals surface area contributed by atoms with Gasteiger partial charge in [0, 0.05) is 24.0 Å². The van der Waals surface area contributed by atoms with Crippen molar-refractivity contribution in [2.45, 2.75) is 32.7 Å². The zero-order valence-corrected chi connectivity index (χ0v) is 18.0. The highest BCUT2D eigenvalue weighted by Crippen LogP contribution is 2.30. The Bertz CT molecular complexity index is 1210. The molecule has 4 aromatic rings. The molecule has 7 heteroatoms. The quantitative estimate of drug-likeness (QED) is 0.330. The van der Waals surface area contributed by atoms with Gasteiger partial charge in [0.2, 0.25) is 0 Å². The van der Waals surface area contributed by atoms with E-state index >= 15 is 0 Å². The topological polar surface area (TPSA) is 38.4 Å². The monoisotopic (exact) mass is 452 g/mol. The molecule has 0 saturated heterocycles. The maximum atomic E-state index is 13.3. The van der Waals surface area contributed by atoms with Crippen LogP contribution < -0.4 is 0 Å². The first-order valence-corrected chi connectivity index (χ1v) is 10.5. The van der Waals surface area contributed by atoms with E-state index in [1.165, 1.54) is 28.9 Å². The van der Waals surface area contributed by atoms with E-state index in [9.17, 15) is 18.0 Å². The smallest absolute Gasteiger partial charge is 0.416 e. The number of carbonyl (C=O) groups excluding carboxylic acids is 1. The molecule has 1 amide bonds. The number of hydrogen-bond acceptors (Lipinski definition) is 2. The zero-order valence-electron chi connectivity index (χ0n) is 18.0. The molecule has 2 aromatic heterocycles. The van der Waals surface area contributed by atoms with Crippen molar-refractivity contribution in [3.8, 4) is 0 Å². The Balaban J connectivity index is 1.60. The number of halogens is 3. The van der Waals surface area contributed by atoms with E-state index < -0.39 is 17.6 Å². The first kappa shape index (κ1) is 22.5. The van der Waals surface area contributed by atoms with Crippen LogP contribution in [0.4, 0.5) is 13.2 Å². The number of benzene rings is 2. The van der Waals surface area contributed by atoms with E-state index in [1.54, 1.807) is 12.1 Å². The Kier molecular flexibility index (Phi) is 6.40. The van der Waals surface area contributed by atoms with Gasteiger partial charge in [-0.25, -0.2) is 0 Å². The van der Waals surface area contributed by atoms with Gasteiger partial charge < -0.3 is 13.9 Å². The molecule has 0 saturated carbocycles. The molecular formula is C26H23F3N2O2. The molecule has 0 bridgehead atoms. The minimum absolute atomic E-state index is 0.0204. The first-order valence-electron chi connectivity index (χ1n) is 10.5. The van der Waals surface area contributed by atoms with E-state index in [4.69, 9.17) is 4.42 Å². The molecule has 0 aliphatic rings. The van der Waals surface area contributed by atoms with Crippen LogP contribution >= 0.6 is 0 Å². The Morgan fingerprint density at radius 1 is 0.970 bits per heavy atom. The molecule has 0 radical (unpaired) electrons. The second-order valence-corrected chi connectivity index (χ2v) is 7.93. The summed E-state index contributed by atoms with van der Waals surface area (Å²) in [6.45, 7) is 3.00. The van der Waals surface area contributed by atoms with Gasteiger partial charge in [-0.1, -0.05) is 35.9 Å². The highest BCUT2D eigenvalue weighted by Gasteiger charge is 2.31. The van der Waals surface area contributed by atoms with Gasteiger partial charge >= 0.3 is 6.18 Å². The van der Waals surface area contributed by atoms with Crippen LogP contribution in [0.15, 0.2) is 89.7 Å². The van der Waals surface area contributed by atoms with Crippen LogP contribution in [0.3, 0.4) is 0 Å². The first-order chi connectivity index (χ1) is 15.8. The number of aryl methyl sites for hydroxylation is 1. The average molecular weight is 452 g/mol. The molecule has 4 rings (SSSR count). The van der Waals surface area contributed by atoms with Crippen molar-refractivity contribution in [3.05, 3.63) is 119 Å². The summed E-state index contributed by atoms with van der Waals surface area (Å²) in [6.07, 6.45) is -1.10. The molecule has 33 heavy (non-hydrogen) atoms. The van der Waals surface area contributed by atoms with Crippen molar-refractivity contribution in [2.75, 3.05) is 0 Å². The normalized spacial score (nSPS) is 11.5. The highest BCUT2D eigenvalue weighted by atomic mass is 19.4. The lowest BCUT2D eigenvalue weighted by atomic mass is 10.1. The number of carbonyl (C=O) groups is 1. The van der Waals surface area contributed by atoms with Gasteiger partial charge in [0.25, 0.3) is 5.91 Å². The number of amides is 1. The number of rotatable bonds is 7. The molecular weight excluding hydrogens is 429 g/mol. The largest absolute Gasteiger partial charge is 0.467 e. The number of nitrogens with zero attached hydrogens (tertiary/aromatic N) is 2. The number of hydrogen-bond donors (Lipinski definition) is 0. The molecule has 4 nitrogen and oxygen atoms in total. The van der Waals surface area contributed by atoms with Crippen molar-refractivity contribution >= 4 is 5.91 Å². The fourth-order valence-electron chi connectivity index (χ4n) is 3.63. The molecule has 2 heterocycles. The van der Waals surface area contributed by atoms with Gasteiger partial charge in [-0.3, -0.25) is 4.79 Å². The second kappa shape index (κ2) is 9.40. The molecule has 2 aromatic carbocycles. The Morgan fingerprint density at radius 3 is 2.45 bits per heavy atom. The summed E-state index contributed by atoms with van der Waals surface area (Å²) in [5, 5.41) is 0. The third-order valence-corrected chi connectivity index (χ3v) is 5.40. The standard InChI is InChI=1S/C26H23F3N2O2/c1-19-9-11-20(12-10-19)16-30-13-3-7-23(30)17-31(18-24-8-4-14-33-24)25(32)21-5-2-6-22(15-21)26(27,28)29/h2-15H,16-18H2,1H3. The Morgan fingerprint density at radius 2 is 1.76 bits per heavy atom. The van der Waals surface area contributed by atoms with Crippen LogP contribution in [0.5, 0.6) is 0 Å². The second-order valence-electron chi connectivity index (χ2n) is 7.93. The number of furan rings is 1. The molecule has 0 aliphatic carbocycles. The summed E-state index contributed by atoms with van der Waals surface area (Å²) in [4.78, 5) is 14.8. The number of alkyl halides is 3. The van der Waals surface area contributed by atoms with Gasteiger partial charge in [-0.05, 0) is 55.0 Å². The lowest BCUT2D eigenvalue weighted by Crippen LogP contribution is -2.31. The maximum Gasteiger partial charge on any atom is 0.416 e. The van der Waals surface area contributed by atoms with Crippen molar-refractivity contribution < 1.29 is 22.4 Å². The van der Waals surface area contributed by atoms with E-state index in [2.05, 4.69) is 0 Å². The average Bonchev–Trinajstić information content (AvgIpc) is 3.46. The van der Waals surface area contributed by atoms with Gasteiger partial charge in [0.1, 0.15) is 5.76 Å². The summed E-state index contributed by atoms with van der Waals surface area (Å²) < 4.78 is 47.0. The Hall–Kier alpha value is -3.74. The maximum absolute atomic E-state index is 13.3. The zero-order chi connectivity index (χ0) is 23.4. The van der Waals surface area contributed by atoms with Crippen molar-refractivity contribution in [1.29, 1.82) is 0 Å². The van der Waals surface area contributed by atoms with Crippen LogP contribution in [0.2, 0.25) is 0 Å². The fraction of sp³-hybridized carbons (Fsp3) is 0.192. The van der Waals surface area contributed by atoms with Crippen LogP contribution in [-0.2, 0) is 25.8 Å². The van der Waals surface area contributed by atoms with E-state index in [0.717, 1.165) is 23.4 Å². The van der Waals surface area contributed by atoms with E-state index in [0.29, 0.717) is 12.3 Å². The molecule has 0 N–H and O–H groups in total. The Labute approximate surface area is 189 Å². The van der Waals surface area contributed by atoms with Crippen LogP contribution in [-0.4, -0.2) is 15.4 Å². The summed E-state index contributed by atoms with van der Waals surface area (Å²) >= 11 is 0. The van der Waals surface area contributed by atoms with Crippen LogP contribution in [0, 0.1) is 6.92 Å². The highest BCUT2D eigenvalue weighted by molar-refractivity contribution is 5.94. The van der Waals surface area contributed by atoms with Crippen molar-refractivity contribution in [1.82, 2.24) is 9.47 Å². The molecule has 170 valence electrons. The van der Waals surface area contributed by atoms with Gasteiger partial charge in [-0.15, -0.1) is 0 Å². The number of aromatic nitrogens is 1. The van der Waals surface area contributed by atoms with Crippen LogP contribution in [0.25, 0.3) is 0 Å². The fourth-order valence-corrected chi connectivity index (χ4v) is 3.63. The predicted molar refractivity (Wildman–Crippen MR) is 118 cm³/mol. The molecule has 0 aliphatic heterocycles. The summed E-state index contributed by atoms with van der Waals surface area (Å²) in [7, 11) is 0. The predicted octanol–water partition coefficient (Wildman–Crippen LogP) is 6.30. The van der Waals surface area contributed by atoms with E-state index in [-0.39, 0.29) is 18.7 Å². The molecule has 0 fully saturated rings. The van der Waals surface area contributed by atoms with Crippen molar-refractivity contribution in [3.63, 3.8) is 0 Å². The summed E-state index contributed by atoms with van der Waals surface area (Å²) in [5.41, 5.74) is 2.27. The molecule has 0 atom stereocenters. The van der Waals surface area contributed by atoms with Gasteiger partial charge in [0.15, 0.2) is 0 Å². The van der Waals surface area contributed by atoms with Gasteiger partial charge in [-0.2, -0.15) is 13.2 Å². The van der Waals surface area contributed by atoms with Crippen LogP contribution in [0.1, 0.15) is 38.5 Å². The SMILES string of the molecule is Cc1ccc(Cn2cccc2CN(Cc2ccco2)C(=O)c2cccc(C(F)(F)F)c2)cc1. The summed E-state index contributed by atoms with van der Waals surface area (Å²) in [6, 6.07) is 19.9. The molecule has 0 unspecified atom stereocenters. The summed E-state index contributed by atoms with van der Waals surface area (Å²) in [5.74, 6) is 0.0487. The third-order valence-electron chi connectivity index (χ3n) is 5.40. The molecule has 0 spiro atoms.